The maximum absolute atomic E-state index is 14.3. The highest BCUT2D eigenvalue weighted by Crippen LogP contribution is 2.28. The molecule has 2 amide bonds. The van der Waals surface area contributed by atoms with Crippen molar-refractivity contribution in [1.82, 2.24) is 18.9 Å². The highest BCUT2D eigenvalue weighted by molar-refractivity contribution is 6.33. The van der Waals surface area contributed by atoms with E-state index in [4.69, 9.17) is 21.1 Å². The number of nitrogens with zero attached hydrogens (tertiary/aromatic N) is 4. The van der Waals surface area contributed by atoms with Crippen LogP contribution in [0.15, 0.2) is 52.2 Å². The predicted octanol–water partition coefficient (Wildman–Crippen LogP) is 3.52. The van der Waals surface area contributed by atoms with Crippen LogP contribution >= 0.6 is 11.6 Å². The second kappa shape index (κ2) is 13.2. The third-order valence-corrected chi connectivity index (χ3v) is 9.22. The van der Waals surface area contributed by atoms with Gasteiger partial charge in [-0.3, -0.25) is 23.5 Å². The number of amides is 2. The summed E-state index contributed by atoms with van der Waals surface area (Å²) in [6, 6.07) is 9.91. The predicted molar refractivity (Wildman–Crippen MR) is 168 cm³/mol. The van der Waals surface area contributed by atoms with Crippen molar-refractivity contribution in [2.75, 3.05) is 33.9 Å². The number of ether oxygens (including phenoxy) is 2. The number of benzene rings is 2. The molecule has 5 rings (SSSR count). The molecule has 10 nitrogen and oxygen atoms in total. The minimum Gasteiger partial charge on any atom is -0.497 e. The van der Waals surface area contributed by atoms with Crippen LogP contribution in [0.25, 0.3) is 11.1 Å². The van der Waals surface area contributed by atoms with Gasteiger partial charge in [0.05, 0.1) is 36.3 Å². The molecule has 0 bridgehead atoms. The maximum Gasteiger partial charge on any atom is 0.331 e. The Balaban J connectivity index is 1.33. The Bertz CT molecular complexity index is 1730. The molecule has 0 spiro atoms. The first-order chi connectivity index (χ1) is 21.4. The molecule has 3 aromatic rings. The molecular formula is C33H38ClFN4O6. The van der Waals surface area contributed by atoms with Gasteiger partial charge in [0.25, 0.3) is 5.56 Å². The van der Waals surface area contributed by atoms with E-state index in [1.807, 2.05) is 23.1 Å². The molecule has 3 heterocycles. The number of fused-ring (bicyclic) bond motifs is 1. The molecule has 2 aliphatic heterocycles. The Morgan fingerprint density at radius 3 is 2.44 bits per heavy atom. The first-order valence-corrected chi connectivity index (χ1v) is 15.4. The fourth-order valence-electron chi connectivity index (χ4n) is 6.07. The van der Waals surface area contributed by atoms with Gasteiger partial charge in [0.15, 0.2) is 0 Å². The van der Waals surface area contributed by atoms with Gasteiger partial charge in [0.1, 0.15) is 18.1 Å². The average molecular weight is 641 g/mol. The van der Waals surface area contributed by atoms with Gasteiger partial charge in [0.2, 0.25) is 11.8 Å². The molecule has 1 aromatic heterocycles. The summed E-state index contributed by atoms with van der Waals surface area (Å²) in [5.74, 6) is -0.171. The SMILES string of the molecule is COc1ccc2c(c1)CCN(C1CCN(C(=O)Cn3cc(-c4cccc(F)c4Cl)c(=O)n(CC(C)(C)OC)c3=O)CC1)C(=O)C2. The zero-order valence-electron chi connectivity index (χ0n) is 26.0. The van der Waals surface area contributed by atoms with Crippen molar-refractivity contribution in [2.24, 2.45) is 0 Å². The van der Waals surface area contributed by atoms with Crippen LogP contribution in [0.2, 0.25) is 5.02 Å². The number of piperidine rings is 1. The fourth-order valence-corrected chi connectivity index (χ4v) is 6.30. The van der Waals surface area contributed by atoms with E-state index in [1.165, 1.54) is 36.1 Å². The molecular weight excluding hydrogens is 603 g/mol. The highest BCUT2D eigenvalue weighted by atomic mass is 35.5. The highest BCUT2D eigenvalue weighted by Gasteiger charge is 2.32. The molecule has 0 saturated carbocycles. The molecule has 12 heteroatoms. The number of rotatable bonds is 8. The molecule has 0 radical (unpaired) electrons. The normalized spacial score (nSPS) is 16.0. The van der Waals surface area contributed by atoms with E-state index >= 15 is 0 Å². The first kappa shape index (κ1) is 32.4. The van der Waals surface area contributed by atoms with E-state index in [1.54, 1.807) is 25.9 Å². The van der Waals surface area contributed by atoms with Crippen LogP contribution in [0.5, 0.6) is 5.75 Å². The number of halogens is 2. The molecule has 240 valence electrons. The third-order valence-electron chi connectivity index (χ3n) is 8.83. The van der Waals surface area contributed by atoms with Gasteiger partial charge in [0, 0.05) is 44.5 Å². The van der Waals surface area contributed by atoms with Crippen molar-refractivity contribution in [3.05, 3.63) is 85.4 Å². The van der Waals surface area contributed by atoms with E-state index in [9.17, 15) is 23.6 Å². The van der Waals surface area contributed by atoms with Crippen molar-refractivity contribution in [3.63, 3.8) is 0 Å². The van der Waals surface area contributed by atoms with Crippen LogP contribution in [0.4, 0.5) is 4.39 Å². The number of likely N-dealkylation sites (tertiary alicyclic amines) is 1. The number of methoxy groups -OCH3 is 2. The number of carbonyl (C=O) groups is 2. The van der Waals surface area contributed by atoms with E-state index in [2.05, 4.69) is 0 Å². The van der Waals surface area contributed by atoms with Crippen LogP contribution in [0.1, 0.15) is 37.8 Å². The first-order valence-electron chi connectivity index (χ1n) is 15.0. The Labute approximate surface area is 265 Å². The summed E-state index contributed by atoms with van der Waals surface area (Å²) in [4.78, 5) is 57.4. The van der Waals surface area contributed by atoms with Gasteiger partial charge in [-0.25, -0.2) is 9.18 Å². The van der Waals surface area contributed by atoms with Gasteiger partial charge in [-0.1, -0.05) is 29.8 Å². The lowest BCUT2D eigenvalue weighted by atomic mass is 10.0. The second-order valence-corrected chi connectivity index (χ2v) is 12.5. The molecule has 2 aliphatic rings. The summed E-state index contributed by atoms with van der Waals surface area (Å²) in [7, 11) is 3.10. The Morgan fingerprint density at radius 2 is 1.76 bits per heavy atom. The van der Waals surface area contributed by atoms with Gasteiger partial charge in [-0.05, 0) is 62.4 Å². The topological polar surface area (TPSA) is 103 Å². The number of aromatic nitrogens is 2. The van der Waals surface area contributed by atoms with Crippen molar-refractivity contribution in [2.45, 2.75) is 64.3 Å². The molecule has 2 aromatic carbocycles. The quantitative estimate of drug-likeness (QED) is 0.373. The summed E-state index contributed by atoms with van der Waals surface area (Å²) < 4.78 is 27.3. The fraction of sp³-hybridized carbons (Fsp3) is 0.455. The number of hydrogen-bond acceptors (Lipinski definition) is 6. The minimum atomic E-state index is -0.880. The van der Waals surface area contributed by atoms with Crippen molar-refractivity contribution in [3.8, 4) is 16.9 Å². The zero-order chi connectivity index (χ0) is 32.5. The largest absolute Gasteiger partial charge is 0.497 e. The lowest BCUT2D eigenvalue weighted by Crippen LogP contribution is -2.51. The molecule has 45 heavy (non-hydrogen) atoms. The van der Waals surface area contributed by atoms with Gasteiger partial charge >= 0.3 is 5.69 Å². The van der Waals surface area contributed by atoms with E-state index < -0.39 is 22.7 Å². The van der Waals surface area contributed by atoms with Crippen LogP contribution in [0.3, 0.4) is 0 Å². The number of carbonyl (C=O) groups excluding carboxylic acids is 2. The standard InChI is InChI=1S/C33H38ClFN4O6/c1-33(2,45-4)20-39-31(42)26(25-6-5-7-27(35)30(25)34)18-37(32(39)43)19-29(41)36-13-11-23(12-14-36)38-15-10-22-16-24(44-3)9-8-21(22)17-28(38)40/h5-9,16,18,23H,10-15,17,19-20H2,1-4H3. The summed E-state index contributed by atoms with van der Waals surface area (Å²) in [5, 5.41) is -0.254. The summed E-state index contributed by atoms with van der Waals surface area (Å²) >= 11 is 6.23. The van der Waals surface area contributed by atoms with Crippen molar-refractivity contribution in [1.29, 1.82) is 0 Å². The molecule has 0 aliphatic carbocycles. The Hall–Kier alpha value is -3.96. The Kier molecular flexibility index (Phi) is 9.50. The maximum atomic E-state index is 14.3. The monoisotopic (exact) mass is 640 g/mol. The van der Waals surface area contributed by atoms with Crippen LogP contribution in [-0.4, -0.2) is 76.2 Å². The molecule has 1 saturated heterocycles. The van der Waals surface area contributed by atoms with Gasteiger partial charge in [-0.2, -0.15) is 0 Å². The second-order valence-electron chi connectivity index (χ2n) is 12.2. The molecule has 1 fully saturated rings. The lowest BCUT2D eigenvalue weighted by Gasteiger charge is -2.38. The molecule has 0 N–H and O–H groups in total. The average Bonchev–Trinajstić information content (AvgIpc) is 3.19. The Morgan fingerprint density at radius 1 is 1.02 bits per heavy atom. The third kappa shape index (κ3) is 6.84. The van der Waals surface area contributed by atoms with Crippen LogP contribution in [-0.2, 0) is 40.3 Å². The number of hydrogen-bond donors (Lipinski definition) is 0. The zero-order valence-corrected chi connectivity index (χ0v) is 26.7. The summed E-state index contributed by atoms with van der Waals surface area (Å²) in [6.07, 6.45) is 3.55. The van der Waals surface area contributed by atoms with E-state index in [-0.39, 0.29) is 47.1 Å². The van der Waals surface area contributed by atoms with Gasteiger partial charge < -0.3 is 19.3 Å². The minimum absolute atomic E-state index is 0.000354. The lowest BCUT2D eigenvalue weighted by molar-refractivity contribution is -0.136. The molecule has 0 unspecified atom stereocenters. The smallest absolute Gasteiger partial charge is 0.331 e. The van der Waals surface area contributed by atoms with Gasteiger partial charge in [-0.15, -0.1) is 0 Å². The van der Waals surface area contributed by atoms with E-state index in [0.717, 1.165) is 27.9 Å². The summed E-state index contributed by atoms with van der Waals surface area (Å²) in [5.41, 5.74) is 0.00907. The van der Waals surface area contributed by atoms with Crippen LogP contribution in [0, 0.1) is 5.82 Å². The molecule has 0 atom stereocenters. The van der Waals surface area contributed by atoms with Crippen molar-refractivity contribution < 1.29 is 23.5 Å². The van der Waals surface area contributed by atoms with Crippen LogP contribution < -0.4 is 16.0 Å². The summed E-state index contributed by atoms with van der Waals surface area (Å²) in [6.45, 7) is 4.47. The van der Waals surface area contributed by atoms with Crippen molar-refractivity contribution >= 4 is 23.4 Å². The van der Waals surface area contributed by atoms with E-state index in [0.29, 0.717) is 38.9 Å².